The van der Waals surface area contributed by atoms with Crippen molar-refractivity contribution in [1.29, 1.82) is 0 Å². The van der Waals surface area contributed by atoms with E-state index >= 15 is 0 Å². The first-order valence-electron chi connectivity index (χ1n) is 5.58. The Balaban J connectivity index is 2.02. The second-order valence-corrected chi connectivity index (χ2v) is 10.6. The van der Waals surface area contributed by atoms with Crippen LogP contribution in [0.5, 0.6) is 0 Å². The third kappa shape index (κ3) is 4.52. The number of aromatic nitrogens is 2. The second kappa shape index (κ2) is 6.06. The number of hydrogen-bond donors (Lipinski definition) is 2. The van der Waals surface area contributed by atoms with Gasteiger partial charge in [0.2, 0.25) is 15.2 Å². The number of nitrogens with one attached hydrogen (secondary N) is 1. The molecule has 1 fully saturated rings. The van der Waals surface area contributed by atoms with Gasteiger partial charge >= 0.3 is 5.97 Å². The fourth-order valence-corrected chi connectivity index (χ4v) is 7.39. The average Bonchev–Trinajstić information content (AvgIpc) is 2.93. The van der Waals surface area contributed by atoms with E-state index in [2.05, 4.69) is 14.9 Å². The van der Waals surface area contributed by atoms with E-state index in [1.54, 1.807) is 0 Å². The van der Waals surface area contributed by atoms with Gasteiger partial charge in [0.15, 0.2) is 14.2 Å². The summed E-state index contributed by atoms with van der Waals surface area (Å²) in [6.07, 6.45) is 0.0527. The van der Waals surface area contributed by atoms with Gasteiger partial charge in [-0.25, -0.2) is 16.8 Å². The van der Waals surface area contributed by atoms with Crippen molar-refractivity contribution < 1.29 is 26.7 Å². The standard InChI is InChI=1S/C8H11N3O6S4/c12-6(13)3-18-8-10-9-7(19-8)11-21(16,17)5-1-2-20(14,15)4-5/h5H,1-4H2,(H,9,11)(H,12,13). The normalized spacial score (nSPS) is 21.2. The molecule has 1 aliphatic heterocycles. The van der Waals surface area contributed by atoms with Crippen molar-refractivity contribution in [3.8, 4) is 0 Å². The molecule has 2 rings (SSSR count). The van der Waals surface area contributed by atoms with Gasteiger partial charge in [0.1, 0.15) is 0 Å². The van der Waals surface area contributed by atoms with Crippen molar-refractivity contribution >= 4 is 54.1 Å². The lowest BCUT2D eigenvalue weighted by molar-refractivity contribution is -0.133. The maximum atomic E-state index is 12.0. The van der Waals surface area contributed by atoms with Gasteiger partial charge in [-0.1, -0.05) is 23.1 Å². The molecule has 1 aromatic heterocycles. The van der Waals surface area contributed by atoms with E-state index in [4.69, 9.17) is 5.11 Å². The summed E-state index contributed by atoms with van der Waals surface area (Å²) in [4.78, 5) is 10.4. The minimum Gasteiger partial charge on any atom is -0.481 e. The lowest BCUT2D eigenvalue weighted by Crippen LogP contribution is -2.28. The Morgan fingerprint density at radius 1 is 1.48 bits per heavy atom. The zero-order valence-electron chi connectivity index (χ0n) is 10.4. The molecule has 1 aliphatic rings. The van der Waals surface area contributed by atoms with Gasteiger partial charge in [0, 0.05) is 0 Å². The highest BCUT2D eigenvalue weighted by molar-refractivity contribution is 8.01. The SMILES string of the molecule is O=C(O)CSc1nnc(NS(=O)(=O)C2CCS(=O)(=O)C2)s1. The van der Waals surface area contributed by atoms with E-state index in [0.717, 1.165) is 23.1 Å². The quantitative estimate of drug-likeness (QED) is 0.639. The van der Waals surface area contributed by atoms with Crippen molar-refractivity contribution in [3.05, 3.63) is 0 Å². The molecule has 0 aromatic carbocycles. The lowest BCUT2D eigenvalue weighted by atomic mass is 10.4. The molecule has 13 heteroatoms. The molecular formula is C8H11N3O6S4. The van der Waals surface area contributed by atoms with E-state index in [-0.39, 0.29) is 23.1 Å². The highest BCUT2D eigenvalue weighted by Gasteiger charge is 2.37. The topological polar surface area (TPSA) is 143 Å². The minimum absolute atomic E-state index is 0.00723. The number of carbonyl (C=O) groups is 1. The molecule has 2 N–H and O–H groups in total. The molecule has 118 valence electrons. The van der Waals surface area contributed by atoms with Gasteiger partial charge in [-0.2, -0.15) is 0 Å². The van der Waals surface area contributed by atoms with Crippen LogP contribution in [-0.4, -0.2) is 60.6 Å². The first-order chi connectivity index (χ1) is 9.68. The maximum absolute atomic E-state index is 12.0. The van der Waals surface area contributed by atoms with Gasteiger partial charge in [-0.05, 0) is 6.42 Å². The first kappa shape index (κ1) is 16.5. The first-order valence-corrected chi connectivity index (χ1v) is 10.7. The number of hydrogen-bond acceptors (Lipinski definition) is 9. The van der Waals surface area contributed by atoms with Crippen LogP contribution in [0.1, 0.15) is 6.42 Å². The Labute approximate surface area is 129 Å². The zero-order valence-corrected chi connectivity index (χ0v) is 13.7. The summed E-state index contributed by atoms with van der Waals surface area (Å²) in [5.41, 5.74) is 0. The highest BCUT2D eigenvalue weighted by Crippen LogP contribution is 2.27. The number of carboxylic acid groups (broad SMARTS) is 1. The molecule has 21 heavy (non-hydrogen) atoms. The van der Waals surface area contributed by atoms with Crippen LogP contribution >= 0.6 is 23.1 Å². The summed E-state index contributed by atoms with van der Waals surface area (Å²) in [5.74, 6) is -1.77. The molecule has 2 heterocycles. The van der Waals surface area contributed by atoms with E-state index in [1.807, 2.05) is 0 Å². The fourth-order valence-electron chi connectivity index (χ4n) is 1.64. The monoisotopic (exact) mass is 373 g/mol. The molecule has 1 atom stereocenters. The van der Waals surface area contributed by atoms with Crippen LogP contribution < -0.4 is 4.72 Å². The summed E-state index contributed by atoms with van der Waals surface area (Å²) < 4.78 is 49.2. The molecule has 0 bridgehead atoms. The summed E-state index contributed by atoms with van der Waals surface area (Å²) in [6, 6.07) is 0. The van der Waals surface area contributed by atoms with Gasteiger partial charge in [-0.3, -0.25) is 9.52 Å². The molecule has 0 radical (unpaired) electrons. The minimum atomic E-state index is -3.85. The van der Waals surface area contributed by atoms with E-state index < -0.39 is 36.8 Å². The van der Waals surface area contributed by atoms with Crippen LogP contribution in [0.25, 0.3) is 0 Å². The lowest BCUT2D eigenvalue weighted by Gasteiger charge is -2.09. The number of carboxylic acids is 1. The number of nitrogens with zero attached hydrogens (tertiary/aromatic N) is 2. The molecule has 0 aliphatic carbocycles. The largest absolute Gasteiger partial charge is 0.481 e. The molecule has 1 unspecified atom stereocenters. The zero-order chi connectivity index (χ0) is 15.7. The Bertz CT molecular complexity index is 740. The molecular weight excluding hydrogens is 362 g/mol. The summed E-state index contributed by atoms with van der Waals surface area (Å²) in [6.45, 7) is 0. The molecule has 1 aromatic rings. The van der Waals surface area contributed by atoms with E-state index in [9.17, 15) is 21.6 Å². The average molecular weight is 373 g/mol. The molecule has 1 saturated heterocycles. The third-order valence-electron chi connectivity index (χ3n) is 2.58. The highest BCUT2D eigenvalue weighted by atomic mass is 32.2. The van der Waals surface area contributed by atoms with Crippen LogP contribution in [0.3, 0.4) is 0 Å². The number of rotatable bonds is 6. The number of sulfone groups is 1. The van der Waals surface area contributed by atoms with Crippen LogP contribution in [0.15, 0.2) is 4.34 Å². The Morgan fingerprint density at radius 3 is 2.76 bits per heavy atom. The van der Waals surface area contributed by atoms with Crippen LogP contribution in [0.2, 0.25) is 0 Å². The van der Waals surface area contributed by atoms with Crippen molar-refractivity contribution in [3.63, 3.8) is 0 Å². The van der Waals surface area contributed by atoms with Crippen molar-refractivity contribution in [2.45, 2.75) is 16.0 Å². The second-order valence-electron chi connectivity index (χ2n) is 4.23. The van der Waals surface area contributed by atoms with Gasteiger partial charge in [-0.15, -0.1) is 10.2 Å². The Hall–Kier alpha value is -0.920. The van der Waals surface area contributed by atoms with Gasteiger partial charge < -0.3 is 5.11 Å². The van der Waals surface area contributed by atoms with Crippen LogP contribution in [-0.2, 0) is 24.7 Å². The molecule has 0 spiro atoms. The van der Waals surface area contributed by atoms with Gasteiger partial charge in [0.25, 0.3) is 0 Å². The third-order valence-corrected chi connectivity index (χ3v) is 8.41. The molecule has 0 amide bonds. The van der Waals surface area contributed by atoms with Crippen molar-refractivity contribution in [2.24, 2.45) is 0 Å². The fraction of sp³-hybridized carbons (Fsp3) is 0.625. The number of sulfonamides is 1. The van der Waals surface area contributed by atoms with E-state index in [1.165, 1.54) is 0 Å². The Kier molecular flexibility index (Phi) is 4.75. The summed E-state index contributed by atoms with van der Waals surface area (Å²) >= 11 is 1.82. The van der Waals surface area contributed by atoms with Gasteiger partial charge in [0.05, 0.1) is 22.5 Å². The van der Waals surface area contributed by atoms with Crippen LogP contribution in [0, 0.1) is 0 Å². The molecule has 0 saturated carbocycles. The maximum Gasteiger partial charge on any atom is 0.313 e. The van der Waals surface area contributed by atoms with E-state index in [0.29, 0.717) is 4.34 Å². The van der Waals surface area contributed by atoms with Crippen molar-refractivity contribution in [1.82, 2.24) is 10.2 Å². The smallest absolute Gasteiger partial charge is 0.313 e. The predicted octanol–water partition coefficient (Wildman–Crippen LogP) is -0.356. The predicted molar refractivity (Wildman–Crippen MR) is 77.9 cm³/mol. The van der Waals surface area contributed by atoms with Crippen molar-refractivity contribution in [2.75, 3.05) is 22.0 Å². The number of aliphatic carboxylic acids is 1. The number of anilines is 1. The Morgan fingerprint density at radius 2 is 2.19 bits per heavy atom. The molecule has 9 nitrogen and oxygen atoms in total. The summed E-state index contributed by atoms with van der Waals surface area (Å²) in [5, 5.41) is 14.8. The summed E-state index contributed by atoms with van der Waals surface area (Å²) in [7, 11) is -7.15. The van der Waals surface area contributed by atoms with Crippen LogP contribution in [0.4, 0.5) is 5.13 Å². The number of thioether (sulfide) groups is 1.